The third-order valence-electron chi connectivity index (χ3n) is 3.60. The number of benzene rings is 1. The summed E-state index contributed by atoms with van der Waals surface area (Å²) in [5, 5.41) is 17.6. The Bertz CT molecular complexity index is 819. The Morgan fingerprint density at radius 1 is 1.45 bits per heavy atom. The van der Waals surface area contributed by atoms with Crippen molar-refractivity contribution in [2.24, 2.45) is 7.05 Å². The molecule has 0 saturated heterocycles. The van der Waals surface area contributed by atoms with E-state index in [9.17, 15) is 9.90 Å². The van der Waals surface area contributed by atoms with Crippen molar-refractivity contribution >= 4 is 16.8 Å². The average Bonchev–Trinajstić information content (AvgIpc) is 3.09. The molecule has 0 radical (unpaired) electrons. The molecule has 6 heteroatoms. The van der Waals surface area contributed by atoms with Gasteiger partial charge in [-0.25, -0.2) is 0 Å². The van der Waals surface area contributed by atoms with Crippen LogP contribution in [0.25, 0.3) is 10.9 Å². The highest BCUT2D eigenvalue weighted by Gasteiger charge is 2.17. The number of fused-ring (bicyclic) bond motifs is 1. The first kappa shape index (κ1) is 14.3. The van der Waals surface area contributed by atoms with E-state index in [2.05, 4.69) is 10.5 Å². The summed E-state index contributed by atoms with van der Waals surface area (Å²) < 4.78 is 6.82. The Morgan fingerprint density at radius 3 is 2.95 bits per heavy atom. The van der Waals surface area contributed by atoms with E-state index in [1.807, 2.05) is 42.1 Å². The van der Waals surface area contributed by atoms with Gasteiger partial charge in [-0.3, -0.25) is 4.79 Å². The molecule has 1 amide bonds. The van der Waals surface area contributed by atoms with Crippen LogP contribution >= 0.6 is 0 Å². The summed E-state index contributed by atoms with van der Waals surface area (Å²) in [5.41, 5.74) is 2.03. The zero-order valence-electron chi connectivity index (χ0n) is 12.4. The fourth-order valence-corrected chi connectivity index (χ4v) is 2.50. The first-order valence-electron chi connectivity index (χ1n) is 7.00. The topological polar surface area (TPSA) is 80.3 Å². The van der Waals surface area contributed by atoms with E-state index in [4.69, 9.17) is 4.52 Å². The lowest BCUT2D eigenvalue weighted by molar-refractivity contribution is 0.0908. The number of aryl methyl sites for hydroxylation is 2. The minimum absolute atomic E-state index is 0.110. The highest BCUT2D eigenvalue weighted by Crippen LogP contribution is 2.25. The largest absolute Gasteiger partial charge is 0.386 e. The second-order valence-electron chi connectivity index (χ2n) is 5.26. The average molecular weight is 299 g/mol. The number of amides is 1. The zero-order chi connectivity index (χ0) is 15.7. The molecule has 0 saturated carbocycles. The summed E-state index contributed by atoms with van der Waals surface area (Å²) in [5.74, 6) is 0.205. The van der Waals surface area contributed by atoms with Crippen LogP contribution in [0.5, 0.6) is 0 Å². The molecule has 2 aromatic heterocycles. The first-order valence-corrected chi connectivity index (χ1v) is 7.00. The van der Waals surface area contributed by atoms with Crippen LogP contribution in [0.1, 0.15) is 27.9 Å². The van der Waals surface area contributed by atoms with Crippen LogP contribution in [-0.4, -0.2) is 27.3 Å². The quantitative estimate of drug-likeness (QED) is 0.771. The van der Waals surface area contributed by atoms with Crippen molar-refractivity contribution in [3.63, 3.8) is 0 Å². The summed E-state index contributed by atoms with van der Waals surface area (Å²) in [7, 11) is 1.93. The number of para-hydroxylation sites is 1. The molecule has 114 valence electrons. The van der Waals surface area contributed by atoms with Crippen LogP contribution in [0.4, 0.5) is 0 Å². The van der Waals surface area contributed by atoms with Gasteiger partial charge >= 0.3 is 0 Å². The minimum atomic E-state index is -0.789. The number of aliphatic hydroxyl groups excluding tert-OH is 1. The fraction of sp³-hybridized carbons (Fsp3) is 0.250. The lowest BCUT2D eigenvalue weighted by Gasteiger charge is -2.10. The monoisotopic (exact) mass is 299 g/mol. The number of nitrogens with zero attached hydrogens (tertiary/aromatic N) is 2. The number of nitrogens with one attached hydrogen (secondary N) is 1. The van der Waals surface area contributed by atoms with Crippen molar-refractivity contribution in [3.8, 4) is 0 Å². The van der Waals surface area contributed by atoms with Gasteiger partial charge in [0.05, 0.1) is 6.10 Å². The van der Waals surface area contributed by atoms with E-state index in [1.165, 1.54) is 0 Å². The molecule has 0 fully saturated rings. The molecule has 0 spiro atoms. The second kappa shape index (κ2) is 5.65. The molecule has 3 rings (SSSR count). The van der Waals surface area contributed by atoms with Crippen LogP contribution in [0.15, 0.2) is 41.1 Å². The van der Waals surface area contributed by atoms with Gasteiger partial charge in [-0.05, 0) is 13.0 Å². The highest BCUT2D eigenvalue weighted by atomic mass is 16.5. The number of hydrogen-bond acceptors (Lipinski definition) is 4. The van der Waals surface area contributed by atoms with Gasteiger partial charge in [-0.2, -0.15) is 0 Å². The molecule has 0 aliphatic carbocycles. The van der Waals surface area contributed by atoms with Crippen molar-refractivity contribution in [1.82, 2.24) is 15.0 Å². The Kier molecular flexibility index (Phi) is 3.68. The number of hydrogen-bond donors (Lipinski definition) is 2. The van der Waals surface area contributed by atoms with Gasteiger partial charge in [0.1, 0.15) is 5.76 Å². The van der Waals surface area contributed by atoms with Crippen LogP contribution < -0.4 is 5.32 Å². The predicted octanol–water partition coefficient (Wildman–Crippen LogP) is 1.94. The smallest absolute Gasteiger partial charge is 0.273 e. The van der Waals surface area contributed by atoms with Crippen LogP contribution in [0.2, 0.25) is 0 Å². The molecular weight excluding hydrogens is 282 g/mol. The summed E-state index contributed by atoms with van der Waals surface area (Å²) in [6.45, 7) is 1.83. The first-order chi connectivity index (χ1) is 10.6. The summed E-state index contributed by atoms with van der Waals surface area (Å²) in [4.78, 5) is 11.9. The van der Waals surface area contributed by atoms with Crippen molar-refractivity contribution < 1.29 is 14.4 Å². The maximum absolute atomic E-state index is 11.9. The number of carbonyl (C=O) groups excluding carboxylic acids is 1. The Hall–Kier alpha value is -2.60. The minimum Gasteiger partial charge on any atom is -0.386 e. The summed E-state index contributed by atoms with van der Waals surface area (Å²) in [6.07, 6.45) is 1.09. The number of aliphatic hydroxyl groups is 1. The third-order valence-corrected chi connectivity index (χ3v) is 3.60. The molecule has 1 atom stereocenters. The number of carbonyl (C=O) groups is 1. The molecule has 2 N–H and O–H groups in total. The molecule has 3 aromatic rings. The highest BCUT2D eigenvalue weighted by molar-refractivity contribution is 5.92. The van der Waals surface area contributed by atoms with Crippen molar-refractivity contribution in [3.05, 3.63) is 53.5 Å². The molecule has 0 aliphatic rings. The van der Waals surface area contributed by atoms with Crippen molar-refractivity contribution in [2.75, 3.05) is 6.54 Å². The van der Waals surface area contributed by atoms with E-state index < -0.39 is 6.10 Å². The zero-order valence-corrected chi connectivity index (χ0v) is 12.4. The predicted molar refractivity (Wildman–Crippen MR) is 81.5 cm³/mol. The molecule has 0 unspecified atom stereocenters. The second-order valence-corrected chi connectivity index (χ2v) is 5.26. The van der Waals surface area contributed by atoms with Gasteiger partial charge in [-0.1, -0.05) is 23.4 Å². The van der Waals surface area contributed by atoms with Gasteiger partial charge < -0.3 is 19.5 Å². The van der Waals surface area contributed by atoms with Gasteiger partial charge in [0, 0.05) is 42.3 Å². The molecule has 2 heterocycles. The summed E-state index contributed by atoms with van der Waals surface area (Å²) >= 11 is 0. The maximum Gasteiger partial charge on any atom is 0.273 e. The molecule has 0 bridgehead atoms. The van der Waals surface area contributed by atoms with Gasteiger partial charge in [-0.15, -0.1) is 0 Å². The lowest BCUT2D eigenvalue weighted by Crippen LogP contribution is -2.28. The number of rotatable bonds is 4. The number of aromatic nitrogens is 2. The van der Waals surface area contributed by atoms with Gasteiger partial charge in [0.2, 0.25) is 0 Å². The molecule has 0 aliphatic heterocycles. The molecule has 6 nitrogen and oxygen atoms in total. The van der Waals surface area contributed by atoms with E-state index in [-0.39, 0.29) is 18.1 Å². The van der Waals surface area contributed by atoms with Crippen LogP contribution in [0, 0.1) is 6.92 Å². The maximum atomic E-state index is 11.9. The van der Waals surface area contributed by atoms with E-state index in [1.54, 1.807) is 13.0 Å². The van der Waals surface area contributed by atoms with Crippen molar-refractivity contribution in [1.29, 1.82) is 0 Å². The van der Waals surface area contributed by atoms with E-state index in [0.29, 0.717) is 5.76 Å². The van der Waals surface area contributed by atoms with Crippen LogP contribution in [-0.2, 0) is 7.05 Å². The standard InChI is InChI=1S/C16H17N3O3/c1-10-7-13(18-22-10)16(21)17-8-15(20)12-9-19(2)14-6-4-3-5-11(12)14/h3-7,9,15,20H,8H2,1-2H3,(H,17,21)/t15-/m1/s1. The summed E-state index contributed by atoms with van der Waals surface area (Å²) in [6, 6.07) is 9.38. The molecule has 22 heavy (non-hydrogen) atoms. The fourth-order valence-electron chi connectivity index (χ4n) is 2.50. The van der Waals surface area contributed by atoms with Gasteiger partial charge in [0.25, 0.3) is 5.91 Å². The Morgan fingerprint density at radius 2 is 2.23 bits per heavy atom. The van der Waals surface area contributed by atoms with Crippen molar-refractivity contribution in [2.45, 2.75) is 13.0 Å². The normalized spacial score (nSPS) is 12.5. The SMILES string of the molecule is Cc1cc(C(=O)NC[C@@H](O)c2cn(C)c3ccccc23)no1. The third kappa shape index (κ3) is 2.60. The van der Waals surface area contributed by atoms with E-state index in [0.717, 1.165) is 16.5 Å². The molecule has 1 aromatic carbocycles. The Labute approximate surface area is 127 Å². The van der Waals surface area contributed by atoms with Gasteiger partial charge in [0.15, 0.2) is 5.69 Å². The van der Waals surface area contributed by atoms with E-state index >= 15 is 0 Å². The van der Waals surface area contributed by atoms with Crippen LogP contribution in [0.3, 0.4) is 0 Å². The Balaban J connectivity index is 1.74. The lowest BCUT2D eigenvalue weighted by atomic mass is 10.1. The molecular formula is C16H17N3O3.